The highest BCUT2D eigenvalue weighted by atomic mass is 16.3. The maximum atomic E-state index is 11.4. The Morgan fingerprint density at radius 3 is 1.88 bits per heavy atom. The van der Waals surface area contributed by atoms with E-state index in [1.807, 2.05) is 26.0 Å². The number of carbonyl (C=O) groups excluding carboxylic acids is 2. The fourth-order valence-electron chi connectivity index (χ4n) is 1.97. The third kappa shape index (κ3) is 3.16. The van der Waals surface area contributed by atoms with Gasteiger partial charge < -0.3 is 5.11 Å². The van der Waals surface area contributed by atoms with E-state index in [1.165, 1.54) is 13.8 Å². The molecular formula is C14H18O3. The van der Waals surface area contributed by atoms with E-state index in [9.17, 15) is 14.7 Å². The molecule has 0 aliphatic rings. The quantitative estimate of drug-likeness (QED) is 0.813. The molecule has 0 aliphatic heterocycles. The van der Waals surface area contributed by atoms with Crippen LogP contribution >= 0.6 is 0 Å². The summed E-state index contributed by atoms with van der Waals surface area (Å²) in [4.78, 5) is 22.7. The maximum absolute atomic E-state index is 11.4. The van der Waals surface area contributed by atoms with Gasteiger partial charge in [-0.1, -0.05) is 12.1 Å². The molecule has 0 amide bonds. The van der Waals surface area contributed by atoms with Crippen molar-refractivity contribution < 1.29 is 14.7 Å². The molecule has 0 saturated heterocycles. The van der Waals surface area contributed by atoms with Crippen molar-refractivity contribution in [3.8, 4) is 5.75 Å². The summed E-state index contributed by atoms with van der Waals surface area (Å²) in [5, 5.41) is 9.65. The number of phenols is 1. The zero-order valence-corrected chi connectivity index (χ0v) is 10.7. The van der Waals surface area contributed by atoms with E-state index in [1.54, 1.807) is 0 Å². The summed E-state index contributed by atoms with van der Waals surface area (Å²) in [6, 6.07) is 3.64. The first-order valence-electron chi connectivity index (χ1n) is 5.63. The number of aromatic hydroxyl groups is 1. The molecule has 0 atom stereocenters. The van der Waals surface area contributed by atoms with E-state index in [-0.39, 0.29) is 17.3 Å². The smallest absolute Gasteiger partial charge is 0.140 e. The molecule has 92 valence electrons. The zero-order chi connectivity index (χ0) is 13.2. The molecule has 0 saturated carbocycles. The maximum Gasteiger partial charge on any atom is 0.140 e. The minimum Gasteiger partial charge on any atom is -0.507 e. The van der Waals surface area contributed by atoms with Crippen molar-refractivity contribution in [3.05, 3.63) is 28.8 Å². The molecule has 1 aromatic carbocycles. The highest BCUT2D eigenvalue weighted by Gasteiger charge is 2.20. The molecule has 1 rings (SSSR count). The van der Waals surface area contributed by atoms with Gasteiger partial charge in [0.2, 0.25) is 0 Å². The van der Waals surface area contributed by atoms with Gasteiger partial charge >= 0.3 is 0 Å². The van der Waals surface area contributed by atoms with Gasteiger partial charge in [-0.25, -0.2) is 0 Å². The number of aryl methyl sites for hydroxylation is 2. The minimum absolute atomic E-state index is 0.110. The second kappa shape index (κ2) is 5.13. The lowest BCUT2D eigenvalue weighted by Gasteiger charge is -2.12. The molecule has 0 heterocycles. The average molecular weight is 234 g/mol. The molecule has 0 unspecified atom stereocenters. The van der Waals surface area contributed by atoms with Gasteiger partial charge in [0.15, 0.2) is 0 Å². The number of carbonyl (C=O) groups is 2. The molecular weight excluding hydrogens is 216 g/mol. The van der Waals surface area contributed by atoms with Crippen LogP contribution in [0.1, 0.15) is 30.5 Å². The van der Waals surface area contributed by atoms with Gasteiger partial charge in [-0.3, -0.25) is 9.59 Å². The van der Waals surface area contributed by atoms with Gasteiger partial charge in [-0.05, 0) is 50.8 Å². The Balaban J connectivity index is 3.02. The first kappa shape index (κ1) is 13.4. The Morgan fingerprint density at radius 2 is 1.53 bits per heavy atom. The summed E-state index contributed by atoms with van der Waals surface area (Å²) in [6.45, 7) is 6.49. The molecule has 0 fully saturated rings. The molecule has 0 aliphatic carbocycles. The van der Waals surface area contributed by atoms with Crippen LogP contribution in [0.4, 0.5) is 0 Å². The van der Waals surface area contributed by atoms with Gasteiger partial charge in [0, 0.05) is 0 Å². The molecule has 0 bridgehead atoms. The summed E-state index contributed by atoms with van der Waals surface area (Å²) in [5.74, 6) is -0.518. The van der Waals surface area contributed by atoms with E-state index in [4.69, 9.17) is 0 Å². The topological polar surface area (TPSA) is 54.4 Å². The fourth-order valence-corrected chi connectivity index (χ4v) is 1.97. The van der Waals surface area contributed by atoms with Crippen molar-refractivity contribution in [2.75, 3.05) is 0 Å². The number of Topliss-reactive ketones (excluding diaryl/α,β-unsaturated/α-hetero) is 2. The van der Waals surface area contributed by atoms with E-state index in [2.05, 4.69) is 0 Å². The first-order valence-corrected chi connectivity index (χ1v) is 5.63. The molecule has 3 nitrogen and oxygen atoms in total. The van der Waals surface area contributed by atoms with Crippen molar-refractivity contribution in [2.45, 2.75) is 34.1 Å². The normalized spacial score (nSPS) is 10.6. The SMILES string of the molecule is CC(=O)C(Cc1cc(C)c(O)c(C)c1)C(C)=O. The van der Waals surface area contributed by atoms with Crippen LogP contribution < -0.4 is 0 Å². The minimum atomic E-state index is -0.571. The van der Waals surface area contributed by atoms with Crippen molar-refractivity contribution in [3.63, 3.8) is 0 Å². The fraction of sp³-hybridized carbons (Fsp3) is 0.429. The second-order valence-corrected chi connectivity index (χ2v) is 4.56. The summed E-state index contributed by atoms with van der Waals surface area (Å²) < 4.78 is 0. The van der Waals surface area contributed by atoms with E-state index >= 15 is 0 Å². The number of rotatable bonds is 4. The first-order chi connectivity index (χ1) is 7.82. The molecule has 0 aromatic heterocycles. The summed E-state index contributed by atoms with van der Waals surface area (Å²) in [6.07, 6.45) is 0.409. The monoisotopic (exact) mass is 234 g/mol. The van der Waals surface area contributed by atoms with E-state index in [0.29, 0.717) is 6.42 Å². The Morgan fingerprint density at radius 1 is 1.12 bits per heavy atom. The third-order valence-electron chi connectivity index (χ3n) is 2.97. The van der Waals surface area contributed by atoms with E-state index < -0.39 is 5.92 Å². The lowest BCUT2D eigenvalue weighted by Crippen LogP contribution is -2.21. The Bertz CT molecular complexity index is 424. The van der Waals surface area contributed by atoms with Crippen LogP contribution in [0.5, 0.6) is 5.75 Å². The summed E-state index contributed by atoms with van der Waals surface area (Å²) in [7, 11) is 0. The highest BCUT2D eigenvalue weighted by molar-refractivity contribution is 6.00. The van der Waals surface area contributed by atoms with Gasteiger partial charge in [-0.2, -0.15) is 0 Å². The van der Waals surface area contributed by atoms with Crippen LogP contribution in [0.3, 0.4) is 0 Å². The van der Waals surface area contributed by atoms with Crippen molar-refractivity contribution in [2.24, 2.45) is 5.92 Å². The van der Waals surface area contributed by atoms with E-state index in [0.717, 1.165) is 16.7 Å². The number of ketones is 2. The molecule has 0 spiro atoms. The lowest BCUT2D eigenvalue weighted by atomic mass is 9.91. The Labute approximate surface area is 101 Å². The Hall–Kier alpha value is -1.64. The van der Waals surface area contributed by atoms with Gasteiger partial charge in [0.25, 0.3) is 0 Å². The predicted octanol–water partition coefficient (Wildman–Crippen LogP) is 2.35. The second-order valence-electron chi connectivity index (χ2n) is 4.56. The van der Waals surface area contributed by atoms with Crippen molar-refractivity contribution in [1.82, 2.24) is 0 Å². The summed E-state index contributed by atoms with van der Waals surface area (Å²) >= 11 is 0. The Kier molecular flexibility index (Phi) is 4.05. The van der Waals surface area contributed by atoms with Crippen LogP contribution in [0, 0.1) is 19.8 Å². The molecule has 17 heavy (non-hydrogen) atoms. The number of hydrogen-bond acceptors (Lipinski definition) is 3. The van der Waals surface area contributed by atoms with Crippen LogP contribution in [0.2, 0.25) is 0 Å². The molecule has 0 radical (unpaired) electrons. The predicted molar refractivity (Wildman–Crippen MR) is 66.1 cm³/mol. The van der Waals surface area contributed by atoms with Crippen LogP contribution in [0.25, 0.3) is 0 Å². The third-order valence-corrected chi connectivity index (χ3v) is 2.97. The number of phenolic OH excluding ortho intramolecular Hbond substituents is 1. The molecule has 1 N–H and O–H groups in total. The van der Waals surface area contributed by atoms with Crippen molar-refractivity contribution >= 4 is 11.6 Å². The zero-order valence-electron chi connectivity index (χ0n) is 10.7. The van der Waals surface area contributed by atoms with Gasteiger partial charge in [0.05, 0.1) is 5.92 Å². The lowest BCUT2D eigenvalue weighted by molar-refractivity contribution is -0.130. The average Bonchev–Trinajstić information content (AvgIpc) is 2.21. The summed E-state index contributed by atoms with van der Waals surface area (Å²) in [5.41, 5.74) is 2.45. The van der Waals surface area contributed by atoms with Crippen molar-refractivity contribution in [1.29, 1.82) is 0 Å². The van der Waals surface area contributed by atoms with Crippen LogP contribution in [-0.4, -0.2) is 16.7 Å². The van der Waals surface area contributed by atoms with Crippen LogP contribution in [0.15, 0.2) is 12.1 Å². The number of hydrogen-bond donors (Lipinski definition) is 1. The number of benzene rings is 1. The van der Waals surface area contributed by atoms with Gasteiger partial charge in [0.1, 0.15) is 17.3 Å². The van der Waals surface area contributed by atoms with Gasteiger partial charge in [-0.15, -0.1) is 0 Å². The standard InChI is InChI=1S/C14H18O3/c1-8-5-12(6-9(2)14(8)17)7-13(10(3)15)11(4)16/h5-6,13,17H,7H2,1-4H3. The van der Waals surface area contributed by atoms with Crippen LogP contribution in [-0.2, 0) is 16.0 Å². The largest absolute Gasteiger partial charge is 0.507 e. The molecule has 1 aromatic rings. The molecule has 3 heteroatoms. The highest BCUT2D eigenvalue weighted by Crippen LogP contribution is 2.24.